The molecule has 2 rings (SSSR count). The molecule has 2 heterocycles. The van der Waals surface area contributed by atoms with Crippen LogP contribution in [0.25, 0.3) is 0 Å². The van der Waals surface area contributed by atoms with Crippen LogP contribution in [-0.2, 0) is 6.54 Å². The Morgan fingerprint density at radius 2 is 2.56 bits per heavy atom. The van der Waals surface area contributed by atoms with E-state index in [0.29, 0.717) is 6.04 Å². The summed E-state index contributed by atoms with van der Waals surface area (Å²) in [6.07, 6.45) is 4.38. The molecule has 1 N–H and O–H groups in total. The van der Waals surface area contributed by atoms with E-state index in [2.05, 4.69) is 16.4 Å². The van der Waals surface area contributed by atoms with Gasteiger partial charge < -0.3 is 10.1 Å². The fourth-order valence-corrected chi connectivity index (χ4v) is 3.00. The highest BCUT2D eigenvalue weighted by atomic mass is 32.2. The number of hydrogen-bond acceptors (Lipinski definition) is 4. The molecule has 0 saturated carbocycles. The van der Waals surface area contributed by atoms with E-state index in [-0.39, 0.29) is 0 Å². The maximum Gasteiger partial charge on any atom is 0.217 e. The molecule has 0 aliphatic carbocycles. The molecular weight excluding hydrogens is 220 g/mol. The summed E-state index contributed by atoms with van der Waals surface area (Å²) in [5, 5.41) is 3.57. The van der Waals surface area contributed by atoms with Crippen molar-refractivity contribution in [3.05, 3.63) is 23.9 Å². The van der Waals surface area contributed by atoms with Crippen molar-refractivity contribution in [2.24, 2.45) is 0 Å². The Kier molecular flexibility index (Phi) is 4.48. The van der Waals surface area contributed by atoms with E-state index >= 15 is 0 Å². The molecule has 1 fully saturated rings. The first kappa shape index (κ1) is 11.7. The molecule has 3 nitrogen and oxygen atoms in total. The van der Waals surface area contributed by atoms with E-state index in [9.17, 15) is 0 Å². The second-order valence-corrected chi connectivity index (χ2v) is 5.12. The minimum atomic E-state index is 0.642. The van der Waals surface area contributed by atoms with Crippen molar-refractivity contribution in [2.75, 3.05) is 18.6 Å². The number of ether oxygens (including phenoxy) is 1. The van der Waals surface area contributed by atoms with Gasteiger partial charge in [-0.3, -0.25) is 0 Å². The number of aromatic nitrogens is 1. The molecule has 1 aliphatic rings. The van der Waals surface area contributed by atoms with Crippen molar-refractivity contribution in [3.63, 3.8) is 0 Å². The van der Waals surface area contributed by atoms with Crippen molar-refractivity contribution >= 4 is 11.8 Å². The van der Waals surface area contributed by atoms with Crippen LogP contribution in [-0.4, -0.2) is 29.6 Å². The zero-order valence-corrected chi connectivity index (χ0v) is 10.4. The summed E-state index contributed by atoms with van der Waals surface area (Å²) in [6.45, 7) is 0.849. The third-order valence-corrected chi connectivity index (χ3v) is 4.00. The molecule has 88 valence electrons. The van der Waals surface area contributed by atoms with Gasteiger partial charge >= 0.3 is 0 Å². The molecule has 1 atom stereocenters. The summed E-state index contributed by atoms with van der Waals surface area (Å²) >= 11 is 2.04. The van der Waals surface area contributed by atoms with Crippen molar-refractivity contribution in [1.82, 2.24) is 10.3 Å². The Morgan fingerprint density at radius 3 is 3.31 bits per heavy atom. The van der Waals surface area contributed by atoms with Crippen molar-refractivity contribution in [3.8, 4) is 5.88 Å². The Labute approximate surface area is 101 Å². The van der Waals surface area contributed by atoms with E-state index in [1.165, 1.54) is 24.3 Å². The van der Waals surface area contributed by atoms with Crippen LogP contribution in [0.4, 0.5) is 0 Å². The molecule has 1 aromatic rings. The second kappa shape index (κ2) is 6.11. The lowest BCUT2D eigenvalue weighted by Crippen LogP contribution is -2.33. The van der Waals surface area contributed by atoms with Gasteiger partial charge in [0.15, 0.2) is 0 Å². The van der Waals surface area contributed by atoms with Gasteiger partial charge in [-0.15, -0.1) is 0 Å². The first-order valence-corrected chi connectivity index (χ1v) is 6.84. The van der Waals surface area contributed by atoms with Crippen LogP contribution in [0.2, 0.25) is 0 Å². The summed E-state index contributed by atoms with van der Waals surface area (Å²) in [5.74, 6) is 3.27. The minimum absolute atomic E-state index is 0.642. The molecular formula is C12H18N2OS. The molecule has 0 bridgehead atoms. The van der Waals surface area contributed by atoms with E-state index < -0.39 is 0 Å². The molecule has 16 heavy (non-hydrogen) atoms. The molecule has 1 aromatic heterocycles. The van der Waals surface area contributed by atoms with Gasteiger partial charge in [0.2, 0.25) is 5.88 Å². The number of hydrogen-bond donors (Lipinski definition) is 1. The number of methoxy groups -OCH3 is 1. The van der Waals surface area contributed by atoms with Crippen molar-refractivity contribution < 1.29 is 4.74 Å². The Balaban J connectivity index is 1.88. The standard InChI is InChI=1S/C12H18N2OS/c1-15-12-10(4-2-6-13-12)8-14-11-5-3-7-16-9-11/h2,4,6,11,14H,3,5,7-9H2,1H3. The summed E-state index contributed by atoms with van der Waals surface area (Å²) in [7, 11) is 1.67. The van der Waals surface area contributed by atoms with Crippen molar-refractivity contribution in [1.29, 1.82) is 0 Å². The summed E-state index contributed by atoms with van der Waals surface area (Å²) in [4.78, 5) is 4.19. The quantitative estimate of drug-likeness (QED) is 0.871. The maximum atomic E-state index is 5.23. The summed E-state index contributed by atoms with van der Waals surface area (Å²) in [5.41, 5.74) is 1.14. The van der Waals surface area contributed by atoms with Gasteiger partial charge in [0.05, 0.1) is 7.11 Å². The van der Waals surface area contributed by atoms with Gasteiger partial charge in [-0.2, -0.15) is 11.8 Å². The predicted octanol–water partition coefficient (Wildman–Crippen LogP) is 2.08. The fourth-order valence-electron chi connectivity index (χ4n) is 1.90. The molecule has 0 spiro atoms. The van der Waals surface area contributed by atoms with Crippen LogP contribution in [0.3, 0.4) is 0 Å². The average molecular weight is 238 g/mol. The first-order chi connectivity index (χ1) is 7.90. The number of nitrogens with one attached hydrogen (secondary N) is 1. The Bertz CT molecular complexity index is 327. The smallest absolute Gasteiger partial charge is 0.217 e. The molecule has 0 radical (unpaired) electrons. The van der Waals surface area contributed by atoms with Crippen LogP contribution in [0.15, 0.2) is 18.3 Å². The number of rotatable bonds is 4. The van der Waals surface area contributed by atoms with E-state index in [1.807, 2.05) is 17.8 Å². The largest absolute Gasteiger partial charge is 0.481 e. The summed E-state index contributed by atoms with van der Waals surface area (Å²) in [6, 6.07) is 4.66. The highest BCUT2D eigenvalue weighted by Crippen LogP contribution is 2.18. The topological polar surface area (TPSA) is 34.1 Å². The van der Waals surface area contributed by atoms with Crippen LogP contribution < -0.4 is 10.1 Å². The van der Waals surface area contributed by atoms with Gasteiger partial charge in [-0.05, 0) is 24.7 Å². The van der Waals surface area contributed by atoms with Gasteiger partial charge in [0.25, 0.3) is 0 Å². The molecule has 1 saturated heterocycles. The molecule has 1 aliphatic heterocycles. The summed E-state index contributed by atoms with van der Waals surface area (Å²) < 4.78 is 5.23. The highest BCUT2D eigenvalue weighted by molar-refractivity contribution is 7.99. The SMILES string of the molecule is COc1ncccc1CNC1CCCSC1. The third-order valence-electron chi connectivity index (χ3n) is 2.78. The van der Waals surface area contributed by atoms with Gasteiger partial charge in [-0.25, -0.2) is 4.98 Å². The monoisotopic (exact) mass is 238 g/mol. The Hall–Kier alpha value is -0.740. The first-order valence-electron chi connectivity index (χ1n) is 5.69. The van der Waals surface area contributed by atoms with Gasteiger partial charge in [-0.1, -0.05) is 6.07 Å². The maximum absolute atomic E-state index is 5.23. The molecule has 4 heteroatoms. The van der Waals surface area contributed by atoms with E-state index in [0.717, 1.165) is 18.0 Å². The lowest BCUT2D eigenvalue weighted by Gasteiger charge is -2.22. The normalized spacial score (nSPS) is 20.7. The third kappa shape index (κ3) is 3.12. The lowest BCUT2D eigenvalue weighted by atomic mass is 10.1. The molecule has 1 unspecified atom stereocenters. The lowest BCUT2D eigenvalue weighted by molar-refractivity contribution is 0.388. The highest BCUT2D eigenvalue weighted by Gasteiger charge is 2.13. The molecule has 0 amide bonds. The number of nitrogens with zero attached hydrogens (tertiary/aromatic N) is 1. The number of pyridine rings is 1. The molecule has 0 aromatic carbocycles. The zero-order chi connectivity index (χ0) is 11.2. The average Bonchev–Trinajstić information content (AvgIpc) is 2.38. The Morgan fingerprint density at radius 1 is 1.62 bits per heavy atom. The zero-order valence-electron chi connectivity index (χ0n) is 9.61. The van der Waals surface area contributed by atoms with Gasteiger partial charge in [0, 0.05) is 30.1 Å². The fraction of sp³-hybridized carbons (Fsp3) is 0.583. The predicted molar refractivity (Wildman–Crippen MR) is 68.0 cm³/mol. The van der Waals surface area contributed by atoms with Crippen LogP contribution in [0, 0.1) is 0 Å². The second-order valence-electron chi connectivity index (χ2n) is 3.97. The van der Waals surface area contributed by atoms with Crippen LogP contribution >= 0.6 is 11.8 Å². The van der Waals surface area contributed by atoms with Crippen LogP contribution in [0.1, 0.15) is 18.4 Å². The van der Waals surface area contributed by atoms with E-state index in [1.54, 1.807) is 13.3 Å². The number of thioether (sulfide) groups is 1. The van der Waals surface area contributed by atoms with Crippen LogP contribution in [0.5, 0.6) is 5.88 Å². The van der Waals surface area contributed by atoms with E-state index in [4.69, 9.17) is 4.74 Å². The van der Waals surface area contributed by atoms with Crippen molar-refractivity contribution in [2.45, 2.75) is 25.4 Å². The minimum Gasteiger partial charge on any atom is -0.481 e. The van der Waals surface area contributed by atoms with Gasteiger partial charge in [0.1, 0.15) is 0 Å².